The van der Waals surface area contributed by atoms with Gasteiger partial charge in [0.2, 0.25) is 5.91 Å². The van der Waals surface area contributed by atoms with Crippen LogP contribution in [0, 0.1) is 0 Å². The zero-order chi connectivity index (χ0) is 15.5. The van der Waals surface area contributed by atoms with E-state index in [1.165, 1.54) is 6.92 Å². The highest BCUT2D eigenvalue weighted by Gasteiger charge is 2.11. The molecule has 0 aliphatic heterocycles. The highest BCUT2D eigenvalue weighted by Crippen LogP contribution is 2.20. The first-order valence-corrected chi connectivity index (χ1v) is 6.88. The van der Waals surface area contributed by atoms with Gasteiger partial charge in [-0.3, -0.25) is 9.59 Å². The average Bonchev–Trinajstić information content (AvgIpc) is 2.95. The molecule has 0 bridgehead atoms. The molecule has 0 aliphatic rings. The van der Waals surface area contributed by atoms with Crippen molar-refractivity contribution in [3.63, 3.8) is 0 Å². The fraction of sp³-hybridized carbons (Fsp3) is 0.0588. The number of amides is 2. The standard InChI is InChI=1S/C17H15N3O2/c1-11(21)19-13-5-3-6-14(10-13)20-17(22)15-7-2-4-12-8-9-18-16(12)15/h2-10,18H,1H3,(H,19,21)(H,20,22). The molecule has 0 radical (unpaired) electrons. The molecule has 3 rings (SSSR count). The lowest BCUT2D eigenvalue weighted by Crippen LogP contribution is -2.13. The molecule has 1 aromatic heterocycles. The third-order valence-electron chi connectivity index (χ3n) is 3.27. The highest BCUT2D eigenvalue weighted by molar-refractivity contribution is 6.12. The molecule has 0 aliphatic carbocycles. The number of para-hydroxylation sites is 1. The normalized spacial score (nSPS) is 10.4. The van der Waals surface area contributed by atoms with E-state index in [0.717, 1.165) is 10.9 Å². The average molecular weight is 293 g/mol. The molecule has 22 heavy (non-hydrogen) atoms. The number of hydrogen-bond donors (Lipinski definition) is 3. The number of rotatable bonds is 3. The molecule has 5 heteroatoms. The summed E-state index contributed by atoms with van der Waals surface area (Å²) in [5, 5.41) is 6.52. The van der Waals surface area contributed by atoms with Crippen LogP contribution >= 0.6 is 0 Å². The van der Waals surface area contributed by atoms with E-state index >= 15 is 0 Å². The molecule has 0 unspecified atom stereocenters. The van der Waals surface area contributed by atoms with Gasteiger partial charge in [0.15, 0.2) is 0 Å². The van der Waals surface area contributed by atoms with E-state index < -0.39 is 0 Å². The molecule has 0 saturated carbocycles. The number of anilines is 2. The first-order valence-electron chi connectivity index (χ1n) is 6.88. The Hall–Kier alpha value is -3.08. The van der Waals surface area contributed by atoms with Crippen LogP contribution < -0.4 is 10.6 Å². The van der Waals surface area contributed by atoms with Crippen molar-refractivity contribution in [1.29, 1.82) is 0 Å². The molecule has 110 valence electrons. The van der Waals surface area contributed by atoms with Crippen molar-refractivity contribution >= 4 is 34.1 Å². The van der Waals surface area contributed by atoms with Crippen molar-refractivity contribution in [3.8, 4) is 0 Å². The summed E-state index contributed by atoms with van der Waals surface area (Å²) in [7, 11) is 0. The molecular formula is C17H15N3O2. The third-order valence-corrected chi connectivity index (χ3v) is 3.27. The van der Waals surface area contributed by atoms with Crippen LogP contribution in [0.15, 0.2) is 54.7 Å². The molecule has 0 fully saturated rings. The van der Waals surface area contributed by atoms with Crippen LogP contribution in [0.2, 0.25) is 0 Å². The number of benzene rings is 2. The van der Waals surface area contributed by atoms with E-state index in [0.29, 0.717) is 16.9 Å². The van der Waals surface area contributed by atoms with Crippen molar-refractivity contribution in [2.45, 2.75) is 6.92 Å². The summed E-state index contributed by atoms with van der Waals surface area (Å²) in [6.45, 7) is 1.44. The smallest absolute Gasteiger partial charge is 0.257 e. The van der Waals surface area contributed by atoms with E-state index in [2.05, 4.69) is 15.6 Å². The third kappa shape index (κ3) is 2.83. The second kappa shape index (κ2) is 5.73. The van der Waals surface area contributed by atoms with Gasteiger partial charge in [-0.25, -0.2) is 0 Å². The number of aromatic amines is 1. The van der Waals surface area contributed by atoms with Crippen LogP contribution in [0.5, 0.6) is 0 Å². The number of carbonyl (C=O) groups excluding carboxylic acids is 2. The lowest BCUT2D eigenvalue weighted by molar-refractivity contribution is -0.114. The Balaban J connectivity index is 1.85. The van der Waals surface area contributed by atoms with E-state index in [4.69, 9.17) is 0 Å². The lowest BCUT2D eigenvalue weighted by atomic mass is 10.1. The van der Waals surface area contributed by atoms with Gasteiger partial charge >= 0.3 is 0 Å². The second-order valence-corrected chi connectivity index (χ2v) is 4.96. The Morgan fingerprint density at radius 1 is 0.955 bits per heavy atom. The minimum absolute atomic E-state index is 0.153. The topological polar surface area (TPSA) is 74.0 Å². The maximum atomic E-state index is 12.4. The Morgan fingerprint density at radius 2 is 1.68 bits per heavy atom. The summed E-state index contributed by atoms with van der Waals surface area (Å²) in [5.41, 5.74) is 2.65. The molecule has 0 atom stereocenters. The van der Waals surface area contributed by atoms with Crippen LogP contribution in [-0.4, -0.2) is 16.8 Å². The molecule has 1 heterocycles. The van der Waals surface area contributed by atoms with Crippen molar-refractivity contribution in [3.05, 3.63) is 60.3 Å². The van der Waals surface area contributed by atoms with Crippen LogP contribution in [0.3, 0.4) is 0 Å². The minimum atomic E-state index is -0.201. The maximum Gasteiger partial charge on any atom is 0.257 e. The molecule has 5 nitrogen and oxygen atoms in total. The second-order valence-electron chi connectivity index (χ2n) is 4.96. The zero-order valence-corrected chi connectivity index (χ0v) is 12.0. The number of carbonyl (C=O) groups is 2. The molecule has 2 aromatic carbocycles. The summed E-state index contributed by atoms with van der Waals surface area (Å²) in [6, 6.07) is 14.5. The predicted molar refractivity (Wildman–Crippen MR) is 87.0 cm³/mol. The molecule has 3 aromatic rings. The van der Waals surface area contributed by atoms with Crippen molar-refractivity contribution < 1.29 is 9.59 Å². The molecule has 2 amide bonds. The Kier molecular flexibility index (Phi) is 3.62. The summed E-state index contributed by atoms with van der Waals surface area (Å²) in [5.74, 6) is -0.354. The van der Waals surface area contributed by atoms with Gasteiger partial charge in [0.25, 0.3) is 5.91 Å². The van der Waals surface area contributed by atoms with Crippen molar-refractivity contribution in [1.82, 2.24) is 4.98 Å². The number of hydrogen-bond acceptors (Lipinski definition) is 2. The van der Waals surface area contributed by atoms with Gasteiger partial charge < -0.3 is 15.6 Å². The van der Waals surface area contributed by atoms with Gasteiger partial charge in [-0.1, -0.05) is 18.2 Å². The first kappa shape index (κ1) is 13.9. The van der Waals surface area contributed by atoms with E-state index in [9.17, 15) is 9.59 Å². The fourth-order valence-electron chi connectivity index (χ4n) is 2.35. The van der Waals surface area contributed by atoms with Gasteiger partial charge in [0.05, 0.1) is 11.1 Å². The number of aromatic nitrogens is 1. The quantitative estimate of drug-likeness (QED) is 0.692. The van der Waals surface area contributed by atoms with Gasteiger partial charge in [0, 0.05) is 29.9 Å². The van der Waals surface area contributed by atoms with E-state index in [-0.39, 0.29) is 11.8 Å². The summed E-state index contributed by atoms with van der Waals surface area (Å²) >= 11 is 0. The monoisotopic (exact) mass is 293 g/mol. The van der Waals surface area contributed by atoms with Crippen LogP contribution in [0.25, 0.3) is 10.9 Å². The van der Waals surface area contributed by atoms with Gasteiger partial charge in [-0.05, 0) is 30.3 Å². The van der Waals surface area contributed by atoms with E-state index in [1.54, 1.807) is 36.5 Å². The first-order chi connectivity index (χ1) is 10.6. The minimum Gasteiger partial charge on any atom is -0.361 e. The number of fused-ring (bicyclic) bond motifs is 1. The van der Waals surface area contributed by atoms with Crippen molar-refractivity contribution in [2.24, 2.45) is 0 Å². The largest absolute Gasteiger partial charge is 0.361 e. The van der Waals surface area contributed by atoms with Crippen LogP contribution in [0.4, 0.5) is 11.4 Å². The van der Waals surface area contributed by atoms with Gasteiger partial charge in [-0.15, -0.1) is 0 Å². The number of H-pyrrole nitrogens is 1. The van der Waals surface area contributed by atoms with Crippen LogP contribution in [-0.2, 0) is 4.79 Å². The summed E-state index contributed by atoms with van der Waals surface area (Å²) in [6.07, 6.45) is 1.80. The van der Waals surface area contributed by atoms with E-state index in [1.807, 2.05) is 18.2 Å². The molecule has 0 spiro atoms. The van der Waals surface area contributed by atoms with Crippen molar-refractivity contribution in [2.75, 3.05) is 10.6 Å². The molecular weight excluding hydrogens is 278 g/mol. The molecule has 3 N–H and O–H groups in total. The lowest BCUT2D eigenvalue weighted by Gasteiger charge is -2.08. The highest BCUT2D eigenvalue weighted by atomic mass is 16.2. The van der Waals surface area contributed by atoms with Gasteiger partial charge in [0.1, 0.15) is 0 Å². The fourth-order valence-corrected chi connectivity index (χ4v) is 2.35. The Labute approximate surface area is 127 Å². The van der Waals surface area contributed by atoms with Gasteiger partial charge in [-0.2, -0.15) is 0 Å². The summed E-state index contributed by atoms with van der Waals surface area (Å²) < 4.78 is 0. The number of nitrogens with one attached hydrogen (secondary N) is 3. The maximum absolute atomic E-state index is 12.4. The Bertz CT molecular complexity index is 852. The SMILES string of the molecule is CC(=O)Nc1cccc(NC(=O)c2cccc3cc[nH]c23)c1. The van der Waals surface area contributed by atoms with Crippen LogP contribution in [0.1, 0.15) is 17.3 Å². The zero-order valence-electron chi connectivity index (χ0n) is 12.0. The summed E-state index contributed by atoms with van der Waals surface area (Å²) in [4.78, 5) is 26.6. The Morgan fingerprint density at radius 3 is 2.45 bits per heavy atom. The molecule has 0 saturated heterocycles. The predicted octanol–water partition coefficient (Wildman–Crippen LogP) is 3.38.